The standard InChI is InChI=1S/C8H11F3N2O/c1-7(2,14)6-3-12-13(4-6)5-8(9,10)11/h3-4,14H,5H2,1-2H3. The van der Waals surface area contributed by atoms with E-state index in [1.807, 2.05) is 0 Å². The highest BCUT2D eigenvalue weighted by atomic mass is 19.4. The molecule has 0 unspecified atom stereocenters. The number of aromatic nitrogens is 2. The highest BCUT2D eigenvalue weighted by Crippen LogP contribution is 2.21. The lowest BCUT2D eigenvalue weighted by Crippen LogP contribution is -2.18. The van der Waals surface area contributed by atoms with E-state index in [9.17, 15) is 18.3 Å². The van der Waals surface area contributed by atoms with Gasteiger partial charge in [-0.2, -0.15) is 18.3 Å². The number of alkyl halides is 3. The molecule has 1 aromatic rings. The van der Waals surface area contributed by atoms with E-state index in [0.29, 0.717) is 5.56 Å². The van der Waals surface area contributed by atoms with Crippen molar-refractivity contribution in [2.75, 3.05) is 0 Å². The van der Waals surface area contributed by atoms with E-state index in [2.05, 4.69) is 5.10 Å². The van der Waals surface area contributed by atoms with Crippen LogP contribution >= 0.6 is 0 Å². The van der Waals surface area contributed by atoms with Gasteiger partial charge in [0.15, 0.2) is 0 Å². The van der Waals surface area contributed by atoms with Gasteiger partial charge in [-0.05, 0) is 13.8 Å². The third kappa shape index (κ3) is 3.02. The molecule has 0 fully saturated rings. The average Bonchev–Trinajstić information content (AvgIpc) is 2.29. The SMILES string of the molecule is CC(C)(O)c1cnn(CC(F)(F)F)c1. The molecule has 3 nitrogen and oxygen atoms in total. The zero-order chi connectivity index (χ0) is 11.0. The number of aliphatic hydroxyl groups is 1. The Morgan fingerprint density at radius 3 is 2.36 bits per heavy atom. The largest absolute Gasteiger partial charge is 0.408 e. The zero-order valence-corrected chi connectivity index (χ0v) is 7.84. The van der Waals surface area contributed by atoms with Crippen LogP contribution in [0.1, 0.15) is 19.4 Å². The molecule has 1 heterocycles. The Balaban J connectivity index is 2.79. The van der Waals surface area contributed by atoms with Gasteiger partial charge >= 0.3 is 6.18 Å². The van der Waals surface area contributed by atoms with Crippen LogP contribution in [0.5, 0.6) is 0 Å². The first-order valence-corrected chi connectivity index (χ1v) is 4.00. The summed E-state index contributed by atoms with van der Waals surface area (Å²) in [5.74, 6) is 0. The van der Waals surface area contributed by atoms with Gasteiger partial charge in [0.2, 0.25) is 0 Å². The lowest BCUT2D eigenvalue weighted by Gasteiger charge is -2.13. The van der Waals surface area contributed by atoms with Gasteiger partial charge in [0.1, 0.15) is 6.54 Å². The molecule has 0 spiro atoms. The Kier molecular flexibility index (Phi) is 2.58. The minimum atomic E-state index is -4.29. The maximum absolute atomic E-state index is 11.9. The fourth-order valence-corrected chi connectivity index (χ4v) is 0.950. The van der Waals surface area contributed by atoms with E-state index < -0.39 is 18.3 Å². The quantitative estimate of drug-likeness (QED) is 0.802. The highest BCUT2D eigenvalue weighted by molar-refractivity contribution is 5.12. The summed E-state index contributed by atoms with van der Waals surface area (Å²) in [6.07, 6.45) is -1.87. The molecule has 0 aliphatic heterocycles. The monoisotopic (exact) mass is 208 g/mol. The van der Waals surface area contributed by atoms with Gasteiger partial charge in [0.25, 0.3) is 0 Å². The van der Waals surface area contributed by atoms with Gasteiger partial charge in [-0.15, -0.1) is 0 Å². The molecule has 0 aliphatic rings. The zero-order valence-electron chi connectivity index (χ0n) is 7.84. The summed E-state index contributed by atoms with van der Waals surface area (Å²) in [6, 6.07) is 0. The van der Waals surface area contributed by atoms with Crippen LogP contribution in [0.2, 0.25) is 0 Å². The van der Waals surface area contributed by atoms with Crippen LogP contribution in [0.4, 0.5) is 13.2 Å². The second-order valence-electron chi connectivity index (χ2n) is 3.60. The van der Waals surface area contributed by atoms with Crippen molar-refractivity contribution in [2.24, 2.45) is 0 Å². The second-order valence-corrected chi connectivity index (χ2v) is 3.60. The normalized spacial score (nSPS) is 13.3. The Labute approximate surface area is 79.2 Å². The number of hydrogen-bond donors (Lipinski definition) is 1. The Morgan fingerprint density at radius 1 is 1.43 bits per heavy atom. The minimum absolute atomic E-state index is 0.363. The molecule has 1 rings (SSSR count). The predicted molar refractivity (Wildman–Crippen MR) is 43.5 cm³/mol. The predicted octanol–water partition coefficient (Wildman–Crippen LogP) is 1.67. The van der Waals surface area contributed by atoms with E-state index in [1.54, 1.807) is 0 Å². The van der Waals surface area contributed by atoms with Crippen molar-refractivity contribution in [1.29, 1.82) is 0 Å². The maximum Gasteiger partial charge on any atom is 0.408 e. The van der Waals surface area contributed by atoms with E-state index in [0.717, 1.165) is 4.68 Å². The van der Waals surface area contributed by atoms with Crippen molar-refractivity contribution >= 4 is 0 Å². The molecule has 1 N–H and O–H groups in total. The van der Waals surface area contributed by atoms with Gasteiger partial charge in [0, 0.05) is 11.8 Å². The molecule has 0 bridgehead atoms. The molecule has 0 aliphatic carbocycles. The summed E-state index contributed by atoms with van der Waals surface area (Å²) in [5.41, 5.74) is -0.800. The molecule has 14 heavy (non-hydrogen) atoms. The van der Waals surface area contributed by atoms with Crippen LogP contribution in [0, 0.1) is 0 Å². The number of rotatable bonds is 2. The van der Waals surface area contributed by atoms with Gasteiger partial charge in [-0.1, -0.05) is 0 Å². The molecule has 0 saturated heterocycles. The summed E-state index contributed by atoms with van der Waals surface area (Å²) in [4.78, 5) is 0. The third-order valence-electron chi connectivity index (χ3n) is 1.68. The molecule has 0 amide bonds. The number of halogens is 3. The van der Waals surface area contributed by atoms with E-state index in [-0.39, 0.29) is 0 Å². The summed E-state index contributed by atoms with van der Waals surface area (Å²) < 4.78 is 36.5. The molecular weight excluding hydrogens is 197 g/mol. The fraction of sp³-hybridized carbons (Fsp3) is 0.625. The van der Waals surface area contributed by atoms with Crippen molar-refractivity contribution in [3.05, 3.63) is 18.0 Å². The lowest BCUT2D eigenvalue weighted by molar-refractivity contribution is -0.142. The lowest BCUT2D eigenvalue weighted by atomic mass is 10.0. The van der Waals surface area contributed by atoms with E-state index in [4.69, 9.17) is 0 Å². The molecule has 6 heteroatoms. The minimum Gasteiger partial charge on any atom is -0.386 e. The average molecular weight is 208 g/mol. The van der Waals surface area contributed by atoms with Crippen molar-refractivity contribution < 1.29 is 18.3 Å². The molecule has 80 valence electrons. The van der Waals surface area contributed by atoms with E-state index >= 15 is 0 Å². The third-order valence-corrected chi connectivity index (χ3v) is 1.68. The fourth-order valence-electron chi connectivity index (χ4n) is 0.950. The van der Waals surface area contributed by atoms with Gasteiger partial charge in [-0.3, -0.25) is 4.68 Å². The van der Waals surface area contributed by atoms with Gasteiger partial charge in [-0.25, -0.2) is 0 Å². The van der Waals surface area contributed by atoms with Gasteiger partial charge < -0.3 is 5.11 Å². The smallest absolute Gasteiger partial charge is 0.386 e. The topological polar surface area (TPSA) is 38.1 Å². The van der Waals surface area contributed by atoms with Crippen molar-refractivity contribution in [2.45, 2.75) is 32.2 Å². The first-order chi connectivity index (χ1) is 6.18. The Hall–Kier alpha value is -1.04. The summed E-state index contributed by atoms with van der Waals surface area (Å²) >= 11 is 0. The number of nitrogens with zero attached hydrogens (tertiary/aromatic N) is 2. The molecule has 0 aromatic carbocycles. The van der Waals surface area contributed by atoms with Crippen LogP contribution in [-0.4, -0.2) is 21.1 Å². The van der Waals surface area contributed by atoms with Crippen LogP contribution in [0.15, 0.2) is 12.4 Å². The molecule has 1 aromatic heterocycles. The second kappa shape index (κ2) is 3.27. The summed E-state index contributed by atoms with van der Waals surface area (Å²) in [5, 5.41) is 13.0. The van der Waals surface area contributed by atoms with Crippen LogP contribution in [0.3, 0.4) is 0 Å². The van der Waals surface area contributed by atoms with Crippen LogP contribution in [0.25, 0.3) is 0 Å². The molecular formula is C8H11F3N2O. The Morgan fingerprint density at radius 2 is 2.00 bits per heavy atom. The Bertz CT molecular complexity index is 311. The molecule has 0 atom stereocenters. The maximum atomic E-state index is 11.9. The van der Waals surface area contributed by atoms with Crippen molar-refractivity contribution in [1.82, 2.24) is 9.78 Å². The first kappa shape index (κ1) is 11.0. The van der Waals surface area contributed by atoms with E-state index in [1.165, 1.54) is 26.2 Å². The summed E-state index contributed by atoms with van der Waals surface area (Å²) in [7, 11) is 0. The van der Waals surface area contributed by atoms with Crippen LogP contribution < -0.4 is 0 Å². The number of hydrogen-bond acceptors (Lipinski definition) is 2. The molecule has 0 radical (unpaired) electrons. The van der Waals surface area contributed by atoms with Crippen LogP contribution in [-0.2, 0) is 12.1 Å². The molecule has 0 saturated carbocycles. The first-order valence-electron chi connectivity index (χ1n) is 4.00. The van der Waals surface area contributed by atoms with Crippen molar-refractivity contribution in [3.8, 4) is 0 Å². The summed E-state index contributed by atoms with van der Waals surface area (Å²) in [6.45, 7) is 1.84. The van der Waals surface area contributed by atoms with Gasteiger partial charge in [0.05, 0.1) is 11.8 Å². The van der Waals surface area contributed by atoms with Crippen molar-refractivity contribution in [3.63, 3.8) is 0 Å². The highest BCUT2D eigenvalue weighted by Gasteiger charge is 2.29.